The first-order valence-electron chi connectivity index (χ1n) is 8.90. The molecule has 0 aromatic heterocycles. The highest BCUT2D eigenvalue weighted by Crippen LogP contribution is 2.34. The summed E-state index contributed by atoms with van der Waals surface area (Å²) in [5.41, 5.74) is 1.09. The van der Waals surface area contributed by atoms with Crippen molar-refractivity contribution in [3.8, 4) is 0 Å². The first-order valence-corrected chi connectivity index (χ1v) is 11.1. The molecule has 0 radical (unpaired) electrons. The van der Waals surface area contributed by atoms with Crippen LogP contribution in [0, 0.1) is 5.92 Å². The predicted molar refractivity (Wildman–Crippen MR) is 109 cm³/mol. The molecule has 26 heavy (non-hydrogen) atoms. The molecule has 3 atom stereocenters. The van der Waals surface area contributed by atoms with E-state index < -0.39 is 12.1 Å². The number of benzene rings is 1. The van der Waals surface area contributed by atoms with Gasteiger partial charge in [0, 0.05) is 12.8 Å². The van der Waals surface area contributed by atoms with E-state index in [0.717, 1.165) is 29.9 Å². The van der Waals surface area contributed by atoms with Gasteiger partial charge in [-0.2, -0.15) is 11.8 Å². The molecule has 0 heterocycles. The molecule has 142 valence electrons. The topological polar surface area (TPSA) is 74.6 Å². The number of thioether (sulfide) groups is 2. The minimum Gasteiger partial charge on any atom is -0.481 e. The van der Waals surface area contributed by atoms with Crippen LogP contribution in [0.2, 0.25) is 0 Å². The van der Waals surface area contributed by atoms with Crippen molar-refractivity contribution in [2.75, 3.05) is 17.3 Å². The zero-order valence-electron chi connectivity index (χ0n) is 14.8. The molecule has 1 aliphatic carbocycles. The number of carboxylic acids is 1. The average molecular weight is 395 g/mol. The molecule has 1 saturated carbocycles. The van der Waals surface area contributed by atoms with E-state index in [9.17, 15) is 14.7 Å². The lowest BCUT2D eigenvalue weighted by Gasteiger charge is -2.15. The minimum atomic E-state index is -0.784. The largest absolute Gasteiger partial charge is 0.481 e. The molecule has 0 unspecified atom stereocenters. The Morgan fingerprint density at radius 3 is 2.77 bits per heavy atom. The van der Waals surface area contributed by atoms with Gasteiger partial charge in [-0.15, -0.1) is 11.8 Å². The van der Waals surface area contributed by atoms with Gasteiger partial charge in [-0.3, -0.25) is 9.59 Å². The van der Waals surface area contributed by atoms with Crippen molar-refractivity contribution in [1.29, 1.82) is 0 Å². The van der Waals surface area contributed by atoms with Gasteiger partial charge in [-0.05, 0) is 35.8 Å². The maximum absolute atomic E-state index is 12.1. The molecule has 2 N–H and O–H groups in total. The van der Waals surface area contributed by atoms with Crippen LogP contribution in [-0.2, 0) is 16.0 Å². The summed E-state index contributed by atoms with van der Waals surface area (Å²) < 4.78 is 0. The molecule has 1 aromatic rings. The van der Waals surface area contributed by atoms with Gasteiger partial charge in [0.25, 0.3) is 0 Å². The van der Waals surface area contributed by atoms with Crippen molar-refractivity contribution >= 4 is 35.3 Å². The number of hydrogen-bond donors (Lipinski definition) is 2. The lowest BCUT2D eigenvalue weighted by Crippen LogP contribution is -2.17. The molecule has 1 fully saturated rings. The Kier molecular flexibility index (Phi) is 9.29. The maximum Gasteiger partial charge on any atom is 0.313 e. The summed E-state index contributed by atoms with van der Waals surface area (Å²) in [7, 11) is 0. The Bertz CT molecular complexity index is 603. The van der Waals surface area contributed by atoms with Crippen LogP contribution in [0.1, 0.15) is 24.8 Å². The van der Waals surface area contributed by atoms with Gasteiger partial charge in [-0.1, -0.05) is 42.5 Å². The Labute approximate surface area is 163 Å². The van der Waals surface area contributed by atoms with Crippen molar-refractivity contribution in [2.45, 2.75) is 37.0 Å². The van der Waals surface area contributed by atoms with Crippen LogP contribution in [0.5, 0.6) is 0 Å². The highest BCUT2D eigenvalue weighted by Gasteiger charge is 2.33. The average Bonchev–Trinajstić information content (AvgIpc) is 2.97. The number of hydrogen-bond acceptors (Lipinski definition) is 5. The van der Waals surface area contributed by atoms with Crippen molar-refractivity contribution in [3.63, 3.8) is 0 Å². The Morgan fingerprint density at radius 2 is 2.04 bits per heavy atom. The first kappa shape index (κ1) is 21.1. The van der Waals surface area contributed by atoms with Gasteiger partial charge < -0.3 is 10.2 Å². The molecule has 0 amide bonds. The number of allylic oxidation sites excluding steroid dienone is 1. The molecule has 2 rings (SSSR count). The van der Waals surface area contributed by atoms with Crippen molar-refractivity contribution < 1.29 is 19.8 Å². The zero-order chi connectivity index (χ0) is 18.8. The van der Waals surface area contributed by atoms with E-state index in [-0.39, 0.29) is 16.9 Å². The molecule has 0 aliphatic heterocycles. The molecule has 0 spiro atoms. The molecule has 1 aliphatic rings. The number of Topliss-reactive ketones (excluding diaryl/α,β-unsaturated/α-hetero) is 1. The molecule has 0 bridgehead atoms. The molecular formula is C20H26O4S2. The number of carbonyl (C=O) groups excluding carboxylic acids is 1. The predicted octanol–water partition coefficient (Wildman–Crippen LogP) is 3.44. The van der Waals surface area contributed by atoms with Crippen molar-refractivity contribution in [3.05, 3.63) is 48.0 Å². The summed E-state index contributed by atoms with van der Waals surface area (Å²) in [6.07, 6.45) is 6.23. The summed E-state index contributed by atoms with van der Waals surface area (Å²) in [4.78, 5) is 22.6. The molecule has 6 heteroatoms. The standard InChI is InChI=1S/C20H26O4S2/c21-17(13-15-5-2-1-3-6-15)9-7-16-8-10-18(22)20(16)26-12-4-11-25-14-19(23)24/h1-3,5-7,9,16-17,20-21H,4,8,10-14H2,(H,23,24)/b9-7+/t16-,17+,20+/m0/s1. The van der Waals surface area contributed by atoms with E-state index >= 15 is 0 Å². The van der Waals surface area contributed by atoms with E-state index in [2.05, 4.69) is 0 Å². The third kappa shape index (κ3) is 7.56. The highest BCUT2D eigenvalue weighted by molar-refractivity contribution is 8.01. The van der Waals surface area contributed by atoms with Gasteiger partial charge in [-0.25, -0.2) is 0 Å². The summed E-state index contributed by atoms with van der Waals surface area (Å²) in [6, 6.07) is 9.87. The smallest absolute Gasteiger partial charge is 0.313 e. The summed E-state index contributed by atoms with van der Waals surface area (Å²) >= 11 is 3.09. The lowest BCUT2D eigenvalue weighted by molar-refractivity contribution is -0.133. The van der Waals surface area contributed by atoms with Crippen molar-refractivity contribution in [2.24, 2.45) is 5.92 Å². The monoisotopic (exact) mass is 394 g/mol. The quantitative estimate of drug-likeness (QED) is 0.442. The van der Waals surface area contributed by atoms with Crippen LogP contribution in [0.4, 0.5) is 0 Å². The number of ketones is 1. The number of aliphatic hydroxyl groups is 1. The zero-order valence-corrected chi connectivity index (χ0v) is 16.4. The number of carboxylic acid groups (broad SMARTS) is 1. The Morgan fingerprint density at radius 1 is 1.27 bits per heavy atom. The van der Waals surface area contributed by atoms with Crippen LogP contribution in [0.3, 0.4) is 0 Å². The second-order valence-corrected chi connectivity index (χ2v) is 8.76. The second-order valence-electron chi connectivity index (χ2n) is 6.40. The van der Waals surface area contributed by atoms with Crippen LogP contribution in [0.25, 0.3) is 0 Å². The third-order valence-corrected chi connectivity index (χ3v) is 6.78. The van der Waals surface area contributed by atoms with Gasteiger partial charge >= 0.3 is 5.97 Å². The SMILES string of the molecule is O=C(O)CSCCCS[C@H]1C(=O)CC[C@@H]1/C=C/[C@@H](O)Cc1ccccc1. The Balaban J connectivity index is 1.74. The van der Waals surface area contributed by atoms with E-state index in [4.69, 9.17) is 5.11 Å². The summed E-state index contributed by atoms with van der Waals surface area (Å²) in [5.74, 6) is 1.49. The normalized spacial score (nSPS) is 21.3. The summed E-state index contributed by atoms with van der Waals surface area (Å²) in [6.45, 7) is 0. The van der Waals surface area contributed by atoms with E-state index in [0.29, 0.717) is 18.6 Å². The molecule has 1 aromatic carbocycles. The van der Waals surface area contributed by atoms with E-state index in [1.54, 1.807) is 11.8 Å². The first-order chi connectivity index (χ1) is 12.6. The minimum absolute atomic E-state index is 0.0281. The molecule has 0 saturated heterocycles. The maximum atomic E-state index is 12.1. The summed E-state index contributed by atoms with van der Waals surface area (Å²) in [5, 5.41) is 18.8. The number of carbonyl (C=O) groups is 2. The Hall–Kier alpha value is -1.24. The highest BCUT2D eigenvalue weighted by atomic mass is 32.2. The van der Waals surface area contributed by atoms with Gasteiger partial charge in [0.05, 0.1) is 17.1 Å². The van der Waals surface area contributed by atoms with Gasteiger partial charge in [0.2, 0.25) is 0 Å². The van der Waals surface area contributed by atoms with E-state index in [1.165, 1.54) is 11.8 Å². The van der Waals surface area contributed by atoms with Gasteiger partial charge in [0.15, 0.2) is 0 Å². The van der Waals surface area contributed by atoms with Crippen molar-refractivity contribution in [1.82, 2.24) is 0 Å². The number of rotatable bonds is 11. The lowest BCUT2D eigenvalue weighted by atomic mass is 10.0. The van der Waals surface area contributed by atoms with E-state index in [1.807, 2.05) is 42.5 Å². The number of aliphatic carboxylic acids is 1. The third-order valence-electron chi connectivity index (χ3n) is 4.25. The van der Waals surface area contributed by atoms with Crippen LogP contribution >= 0.6 is 23.5 Å². The number of aliphatic hydroxyl groups excluding tert-OH is 1. The van der Waals surface area contributed by atoms with Crippen LogP contribution in [-0.4, -0.2) is 50.6 Å². The van der Waals surface area contributed by atoms with Crippen LogP contribution in [0.15, 0.2) is 42.5 Å². The fourth-order valence-corrected chi connectivity index (χ4v) is 5.17. The molecular weight excluding hydrogens is 368 g/mol. The fourth-order valence-electron chi connectivity index (χ4n) is 2.98. The second kappa shape index (κ2) is 11.5. The fraction of sp³-hybridized carbons (Fsp3) is 0.500. The van der Waals surface area contributed by atoms with Crippen LogP contribution < -0.4 is 0 Å². The van der Waals surface area contributed by atoms with Gasteiger partial charge in [0.1, 0.15) is 5.78 Å². The molecule has 4 nitrogen and oxygen atoms in total.